The van der Waals surface area contributed by atoms with Crippen LogP contribution in [-0.4, -0.2) is 20.4 Å². The molecule has 0 unspecified atom stereocenters. The molecule has 0 amide bonds. The number of nitrogens with zero attached hydrogens (tertiary/aromatic N) is 3. The van der Waals surface area contributed by atoms with E-state index in [1.54, 1.807) is 6.20 Å². The average molecular weight is 253 g/mol. The monoisotopic (exact) mass is 253 g/mol. The van der Waals surface area contributed by atoms with Gasteiger partial charge in [-0.3, -0.25) is 4.79 Å². The zero-order valence-corrected chi connectivity index (χ0v) is 10.6. The van der Waals surface area contributed by atoms with E-state index in [2.05, 4.69) is 26.4 Å². The third kappa shape index (κ3) is 2.42. The Labute approximate surface area is 111 Å². The molecule has 0 spiro atoms. The van der Waals surface area contributed by atoms with Crippen LogP contribution in [-0.2, 0) is 13.1 Å². The van der Waals surface area contributed by atoms with Crippen molar-refractivity contribution in [2.24, 2.45) is 0 Å². The van der Waals surface area contributed by atoms with Crippen LogP contribution in [0.4, 0.5) is 0 Å². The van der Waals surface area contributed by atoms with Crippen LogP contribution in [0.5, 0.6) is 0 Å². The summed E-state index contributed by atoms with van der Waals surface area (Å²) in [5.41, 5.74) is 1.84. The van der Waals surface area contributed by atoms with Gasteiger partial charge >= 0.3 is 0 Å². The van der Waals surface area contributed by atoms with E-state index in [-0.39, 0.29) is 0 Å². The van der Waals surface area contributed by atoms with E-state index in [1.165, 1.54) is 5.39 Å². The van der Waals surface area contributed by atoms with E-state index in [0.717, 1.165) is 36.9 Å². The topological polar surface area (TPSA) is 39.8 Å². The number of hydrogen-bond donors (Lipinski definition) is 0. The second kappa shape index (κ2) is 5.10. The number of rotatable bonds is 5. The van der Waals surface area contributed by atoms with E-state index in [0.29, 0.717) is 0 Å². The Bertz CT molecular complexity index is 683. The highest BCUT2D eigenvalue weighted by atomic mass is 16.1. The number of carbonyl (C=O) groups excluding carboxylic acids is 1. The van der Waals surface area contributed by atoms with Crippen LogP contribution < -0.4 is 0 Å². The number of hydrogen-bond acceptors (Lipinski definition) is 2. The number of benzene rings is 1. The largest absolute Gasteiger partial charge is 0.347 e. The normalized spacial score (nSPS) is 10.9. The fourth-order valence-corrected chi connectivity index (χ4v) is 2.31. The fourth-order valence-electron chi connectivity index (χ4n) is 2.31. The van der Waals surface area contributed by atoms with Gasteiger partial charge in [0.1, 0.15) is 6.29 Å². The van der Waals surface area contributed by atoms with Gasteiger partial charge in [0.25, 0.3) is 0 Å². The maximum Gasteiger partial charge on any atom is 0.150 e. The van der Waals surface area contributed by atoms with Gasteiger partial charge in [0.05, 0.1) is 6.33 Å². The third-order valence-electron chi connectivity index (χ3n) is 3.31. The summed E-state index contributed by atoms with van der Waals surface area (Å²) in [7, 11) is 0. The molecule has 2 heterocycles. The molecule has 0 fully saturated rings. The van der Waals surface area contributed by atoms with Gasteiger partial charge in [-0.05, 0) is 23.9 Å². The highest BCUT2D eigenvalue weighted by Gasteiger charge is 2.02. The molecule has 0 bridgehead atoms. The van der Waals surface area contributed by atoms with Crippen LogP contribution in [0.3, 0.4) is 0 Å². The summed E-state index contributed by atoms with van der Waals surface area (Å²) in [5.74, 6) is 0. The van der Waals surface area contributed by atoms with Crippen molar-refractivity contribution in [3.63, 3.8) is 0 Å². The van der Waals surface area contributed by atoms with Crippen LogP contribution in [0.15, 0.2) is 49.2 Å². The first-order valence-electron chi connectivity index (χ1n) is 6.36. The lowest BCUT2D eigenvalue weighted by molar-refractivity contribution is 0.112. The first-order chi connectivity index (χ1) is 9.36. The molecule has 4 heteroatoms. The summed E-state index contributed by atoms with van der Waals surface area (Å²) in [6.45, 7) is 1.89. The molecular weight excluding hydrogens is 238 g/mol. The zero-order chi connectivity index (χ0) is 13.1. The Hall–Kier alpha value is -2.36. The van der Waals surface area contributed by atoms with Crippen LogP contribution in [0.2, 0.25) is 0 Å². The minimum atomic E-state index is 0.724. The van der Waals surface area contributed by atoms with Crippen LogP contribution in [0.25, 0.3) is 10.9 Å². The molecule has 3 rings (SSSR count). The molecule has 96 valence electrons. The third-order valence-corrected chi connectivity index (χ3v) is 3.31. The van der Waals surface area contributed by atoms with E-state index in [9.17, 15) is 4.79 Å². The second-order valence-electron chi connectivity index (χ2n) is 4.60. The van der Waals surface area contributed by atoms with Crippen molar-refractivity contribution >= 4 is 17.2 Å². The number of carbonyl (C=O) groups is 1. The number of aromatic nitrogens is 3. The fraction of sp³-hybridized carbons (Fsp3) is 0.200. The number of imidazole rings is 1. The standard InChI is InChI=1S/C15H15N3O/c19-11-13-2-3-14-4-8-18(15(14)10-13)7-1-6-17-9-5-16-12-17/h2-5,8-12H,1,6-7H2. The molecule has 0 atom stereocenters. The van der Waals surface area contributed by atoms with Crippen LogP contribution in [0, 0.1) is 0 Å². The van der Waals surface area contributed by atoms with E-state index >= 15 is 0 Å². The Kier molecular flexibility index (Phi) is 3.14. The van der Waals surface area contributed by atoms with Crippen molar-refractivity contribution in [2.75, 3.05) is 0 Å². The van der Waals surface area contributed by atoms with Gasteiger partial charge in [0, 0.05) is 42.8 Å². The molecule has 4 nitrogen and oxygen atoms in total. The molecule has 0 saturated carbocycles. The van der Waals surface area contributed by atoms with Gasteiger partial charge in [-0.2, -0.15) is 0 Å². The quantitative estimate of drug-likeness (QED) is 0.656. The van der Waals surface area contributed by atoms with Gasteiger partial charge in [-0.15, -0.1) is 0 Å². The predicted molar refractivity (Wildman–Crippen MR) is 74.2 cm³/mol. The minimum absolute atomic E-state index is 0.724. The lowest BCUT2D eigenvalue weighted by Crippen LogP contribution is -2.01. The summed E-state index contributed by atoms with van der Waals surface area (Å²) in [5, 5.41) is 1.17. The van der Waals surface area contributed by atoms with E-state index in [4.69, 9.17) is 0 Å². The first kappa shape index (κ1) is 11.7. The van der Waals surface area contributed by atoms with Crippen LogP contribution >= 0.6 is 0 Å². The zero-order valence-electron chi connectivity index (χ0n) is 10.6. The molecule has 0 aliphatic carbocycles. The summed E-state index contributed by atoms with van der Waals surface area (Å²) in [6, 6.07) is 7.87. The van der Waals surface area contributed by atoms with Crippen LogP contribution in [0.1, 0.15) is 16.8 Å². The molecule has 0 aliphatic heterocycles. The average Bonchev–Trinajstić information content (AvgIpc) is 3.08. The van der Waals surface area contributed by atoms with E-state index < -0.39 is 0 Å². The van der Waals surface area contributed by atoms with Gasteiger partial charge in [-0.25, -0.2) is 4.98 Å². The van der Waals surface area contributed by atoms with Gasteiger partial charge in [-0.1, -0.05) is 12.1 Å². The minimum Gasteiger partial charge on any atom is -0.347 e. The summed E-state index contributed by atoms with van der Waals surface area (Å²) < 4.78 is 4.27. The molecule has 2 aromatic heterocycles. The Morgan fingerprint density at radius 2 is 2.11 bits per heavy atom. The molecule has 1 aromatic carbocycles. The lowest BCUT2D eigenvalue weighted by atomic mass is 10.2. The summed E-state index contributed by atoms with van der Waals surface area (Å²) in [6.07, 6.45) is 9.60. The molecule has 0 radical (unpaired) electrons. The predicted octanol–water partition coefficient (Wildman–Crippen LogP) is 2.74. The maximum atomic E-state index is 10.8. The molecule has 3 aromatic rings. The van der Waals surface area contributed by atoms with Gasteiger partial charge < -0.3 is 9.13 Å². The number of fused-ring (bicyclic) bond motifs is 1. The Balaban J connectivity index is 1.75. The lowest BCUT2D eigenvalue weighted by Gasteiger charge is -2.06. The van der Waals surface area contributed by atoms with E-state index in [1.807, 2.05) is 30.7 Å². The van der Waals surface area contributed by atoms with Crippen molar-refractivity contribution < 1.29 is 4.79 Å². The number of aldehydes is 1. The van der Waals surface area contributed by atoms with Crippen molar-refractivity contribution in [3.8, 4) is 0 Å². The first-order valence-corrected chi connectivity index (χ1v) is 6.36. The molecule has 0 N–H and O–H groups in total. The SMILES string of the molecule is O=Cc1ccc2ccn(CCCn3ccnc3)c2c1. The van der Waals surface area contributed by atoms with Crippen molar-refractivity contribution in [2.45, 2.75) is 19.5 Å². The van der Waals surface area contributed by atoms with Crippen molar-refractivity contribution in [3.05, 3.63) is 54.7 Å². The second-order valence-corrected chi connectivity index (χ2v) is 4.60. The Morgan fingerprint density at radius 3 is 2.89 bits per heavy atom. The van der Waals surface area contributed by atoms with Crippen molar-refractivity contribution in [1.29, 1.82) is 0 Å². The van der Waals surface area contributed by atoms with Gasteiger partial charge in [0.15, 0.2) is 0 Å². The molecular formula is C15H15N3O. The summed E-state index contributed by atoms with van der Waals surface area (Å²) in [4.78, 5) is 14.9. The van der Waals surface area contributed by atoms with Gasteiger partial charge in [0.2, 0.25) is 0 Å². The summed E-state index contributed by atoms with van der Waals surface area (Å²) >= 11 is 0. The molecule has 0 saturated heterocycles. The number of aryl methyl sites for hydroxylation is 2. The molecule has 19 heavy (non-hydrogen) atoms. The Morgan fingerprint density at radius 1 is 1.16 bits per heavy atom. The smallest absolute Gasteiger partial charge is 0.150 e. The highest BCUT2D eigenvalue weighted by molar-refractivity contribution is 5.87. The highest BCUT2D eigenvalue weighted by Crippen LogP contribution is 2.17. The van der Waals surface area contributed by atoms with Crippen molar-refractivity contribution in [1.82, 2.24) is 14.1 Å². The molecule has 0 aliphatic rings. The maximum absolute atomic E-state index is 10.8.